The van der Waals surface area contributed by atoms with Crippen LogP contribution in [0, 0.1) is 11.8 Å². The topological polar surface area (TPSA) is 84.5 Å². The average molecular weight is 284 g/mol. The smallest absolute Gasteiger partial charge is 0.330 e. The molecule has 0 fully saturated rings. The predicted molar refractivity (Wildman–Crippen MR) is 75.8 cm³/mol. The molecule has 0 aromatic rings. The molecule has 0 spiro atoms. The first-order valence-electron chi connectivity index (χ1n) is 6.63. The molecule has 0 rings (SSSR count). The van der Waals surface area contributed by atoms with Gasteiger partial charge in [0.15, 0.2) is 0 Å². The van der Waals surface area contributed by atoms with E-state index in [0.29, 0.717) is 18.9 Å². The van der Waals surface area contributed by atoms with Crippen molar-refractivity contribution in [3.63, 3.8) is 0 Å². The molecule has 0 aromatic carbocycles. The Kier molecular flexibility index (Phi) is 9.07. The summed E-state index contributed by atoms with van der Waals surface area (Å²) in [6.07, 6.45) is 3.47. The first-order chi connectivity index (χ1) is 9.36. The largest absolute Gasteiger partial charge is 0.466 e. The number of rotatable bonds is 8. The van der Waals surface area contributed by atoms with Gasteiger partial charge in [0.2, 0.25) is 11.8 Å². The van der Waals surface area contributed by atoms with Gasteiger partial charge in [-0.25, -0.2) is 4.79 Å². The van der Waals surface area contributed by atoms with E-state index in [2.05, 4.69) is 15.4 Å². The molecule has 6 nitrogen and oxygen atoms in total. The zero-order valence-electron chi connectivity index (χ0n) is 12.6. The summed E-state index contributed by atoms with van der Waals surface area (Å²) in [6, 6.07) is 0. The molecule has 0 heterocycles. The Hall–Kier alpha value is -1.85. The molecule has 0 radical (unpaired) electrons. The molecule has 20 heavy (non-hydrogen) atoms. The van der Waals surface area contributed by atoms with E-state index in [1.165, 1.54) is 26.2 Å². The lowest BCUT2D eigenvalue weighted by Gasteiger charge is -2.18. The maximum atomic E-state index is 12.0. The second-order valence-corrected chi connectivity index (χ2v) is 4.93. The summed E-state index contributed by atoms with van der Waals surface area (Å²) in [5.41, 5.74) is 0. The van der Waals surface area contributed by atoms with Gasteiger partial charge >= 0.3 is 5.97 Å². The number of amides is 2. The standard InChI is InChI=1S/C14H24N2O4/c1-10(2)8-12(9-16-11(3)17)14(19)15-7-5-6-13(18)20-4/h5-6,10,12H,7-9H2,1-4H3,(H,15,19)(H,16,17). The van der Waals surface area contributed by atoms with E-state index in [9.17, 15) is 14.4 Å². The Morgan fingerprint density at radius 1 is 1.20 bits per heavy atom. The van der Waals surface area contributed by atoms with Crippen LogP contribution >= 0.6 is 0 Å². The van der Waals surface area contributed by atoms with Gasteiger partial charge in [0.05, 0.1) is 13.0 Å². The first-order valence-corrected chi connectivity index (χ1v) is 6.63. The quantitative estimate of drug-likeness (QED) is 0.506. The minimum absolute atomic E-state index is 0.137. The third kappa shape index (κ3) is 9.13. The number of nitrogens with one attached hydrogen (secondary N) is 2. The number of carbonyl (C=O) groups is 3. The van der Waals surface area contributed by atoms with Crippen LogP contribution in [0.1, 0.15) is 27.2 Å². The minimum Gasteiger partial charge on any atom is -0.466 e. The number of ether oxygens (including phenoxy) is 1. The summed E-state index contributed by atoms with van der Waals surface area (Å²) in [5, 5.41) is 5.36. The van der Waals surface area contributed by atoms with Crippen LogP contribution in [0.25, 0.3) is 0 Å². The van der Waals surface area contributed by atoms with Crippen molar-refractivity contribution in [1.82, 2.24) is 10.6 Å². The molecule has 0 aromatic heterocycles. The third-order valence-corrected chi connectivity index (χ3v) is 2.57. The third-order valence-electron chi connectivity index (χ3n) is 2.57. The van der Waals surface area contributed by atoms with Gasteiger partial charge < -0.3 is 15.4 Å². The number of esters is 1. The Labute approximate surface area is 119 Å². The van der Waals surface area contributed by atoms with Gasteiger partial charge in [0.25, 0.3) is 0 Å². The molecule has 1 unspecified atom stereocenters. The number of hydrogen-bond acceptors (Lipinski definition) is 4. The van der Waals surface area contributed by atoms with Crippen LogP contribution in [-0.4, -0.2) is 38.0 Å². The summed E-state index contributed by atoms with van der Waals surface area (Å²) in [7, 11) is 1.29. The van der Waals surface area contributed by atoms with Gasteiger partial charge in [-0.05, 0) is 12.3 Å². The molecule has 114 valence electrons. The summed E-state index contributed by atoms with van der Waals surface area (Å²) in [4.78, 5) is 33.8. The van der Waals surface area contributed by atoms with Crippen molar-refractivity contribution in [2.45, 2.75) is 27.2 Å². The maximum Gasteiger partial charge on any atom is 0.330 e. The summed E-state index contributed by atoms with van der Waals surface area (Å²) < 4.78 is 4.44. The number of methoxy groups -OCH3 is 1. The van der Waals surface area contributed by atoms with Gasteiger partial charge in [0, 0.05) is 26.1 Å². The van der Waals surface area contributed by atoms with Crippen molar-refractivity contribution in [1.29, 1.82) is 0 Å². The fourth-order valence-electron chi connectivity index (χ4n) is 1.65. The molecule has 1 atom stereocenters. The lowest BCUT2D eigenvalue weighted by atomic mass is 9.96. The molecule has 2 N–H and O–H groups in total. The van der Waals surface area contributed by atoms with Crippen LogP contribution in [0.2, 0.25) is 0 Å². The molecule has 0 saturated heterocycles. The van der Waals surface area contributed by atoms with Crippen molar-refractivity contribution >= 4 is 17.8 Å². The lowest BCUT2D eigenvalue weighted by Crippen LogP contribution is -2.39. The molecule has 0 aliphatic carbocycles. The van der Waals surface area contributed by atoms with Crippen LogP contribution in [0.15, 0.2) is 12.2 Å². The molecular weight excluding hydrogens is 260 g/mol. The van der Waals surface area contributed by atoms with Crippen molar-refractivity contribution in [2.24, 2.45) is 11.8 Å². The van der Waals surface area contributed by atoms with Crippen molar-refractivity contribution in [3.8, 4) is 0 Å². The van der Waals surface area contributed by atoms with Crippen LogP contribution in [-0.2, 0) is 19.1 Å². The van der Waals surface area contributed by atoms with Crippen LogP contribution in [0.3, 0.4) is 0 Å². The minimum atomic E-state index is -0.462. The van der Waals surface area contributed by atoms with E-state index in [1.54, 1.807) is 0 Å². The SMILES string of the molecule is COC(=O)C=CCNC(=O)C(CNC(C)=O)CC(C)C. The summed E-state index contributed by atoms with van der Waals surface area (Å²) in [5.74, 6) is -0.675. The molecule has 0 aliphatic heterocycles. The molecule has 0 bridgehead atoms. The summed E-state index contributed by atoms with van der Waals surface area (Å²) >= 11 is 0. The second-order valence-electron chi connectivity index (χ2n) is 4.93. The van der Waals surface area contributed by atoms with E-state index in [1.807, 2.05) is 13.8 Å². The fraction of sp³-hybridized carbons (Fsp3) is 0.643. The van der Waals surface area contributed by atoms with Gasteiger partial charge in [-0.15, -0.1) is 0 Å². The highest BCUT2D eigenvalue weighted by Gasteiger charge is 2.19. The Morgan fingerprint density at radius 3 is 2.35 bits per heavy atom. The molecule has 6 heteroatoms. The van der Waals surface area contributed by atoms with Gasteiger partial charge in [-0.2, -0.15) is 0 Å². The summed E-state index contributed by atoms with van der Waals surface area (Å²) in [6.45, 7) is 6.03. The normalized spacial score (nSPS) is 12.2. The molecule has 0 saturated carbocycles. The highest BCUT2D eigenvalue weighted by molar-refractivity contribution is 5.82. The van der Waals surface area contributed by atoms with E-state index in [-0.39, 0.29) is 24.3 Å². The Morgan fingerprint density at radius 2 is 1.85 bits per heavy atom. The van der Waals surface area contributed by atoms with E-state index >= 15 is 0 Å². The highest BCUT2D eigenvalue weighted by atomic mass is 16.5. The zero-order valence-corrected chi connectivity index (χ0v) is 12.6. The zero-order chi connectivity index (χ0) is 15.5. The van der Waals surface area contributed by atoms with E-state index in [0.717, 1.165) is 0 Å². The van der Waals surface area contributed by atoms with Gasteiger partial charge in [-0.1, -0.05) is 19.9 Å². The van der Waals surface area contributed by atoms with E-state index < -0.39 is 5.97 Å². The lowest BCUT2D eigenvalue weighted by molar-refractivity contribution is -0.135. The Bertz CT molecular complexity index is 364. The maximum absolute atomic E-state index is 12.0. The van der Waals surface area contributed by atoms with Crippen LogP contribution < -0.4 is 10.6 Å². The van der Waals surface area contributed by atoms with Crippen molar-refractivity contribution in [2.75, 3.05) is 20.2 Å². The fourth-order valence-corrected chi connectivity index (χ4v) is 1.65. The molecule has 2 amide bonds. The second kappa shape index (κ2) is 10.00. The van der Waals surface area contributed by atoms with Crippen LogP contribution in [0.4, 0.5) is 0 Å². The monoisotopic (exact) mass is 284 g/mol. The Balaban J connectivity index is 4.28. The molecular formula is C14H24N2O4. The van der Waals surface area contributed by atoms with Crippen LogP contribution in [0.5, 0.6) is 0 Å². The number of hydrogen-bond donors (Lipinski definition) is 2. The van der Waals surface area contributed by atoms with Gasteiger partial charge in [0.1, 0.15) is 0 Å². The first kappa shape index (κ1) is 18.1. The van der Waals surface area contributed by atoms with Crippen molar-refractivity contribution in [3.05, 3.63) is 12.2 Å². The predicted octanol–water partition coefficient (Wildman–Crippen LogP) is 0.630. The van der Waals surface area contributed by atoms with Gasteiger partial charge in [-0.3, -0.25) is 9.59 Å². The average Bonchev–Trinajstić information content (AvgIpc) is 2.38. The van der Waals surface area contributed by atoms with E-state index in [4.69, 9.17) is 0 Å². The number of carbonyl (C=O) groups excluding carboxylic acids is 3. The molecule has 0 aliphatic rings. The highest BCUT2D eigenvalue weighted by Crippen LogP contribution is 2.11. The van der Waals surface area contributed by atoms with Crippen molar-refractivity contribution < 1.29 is 19.1 Å².